The van der Waals surface area contributed by atoms with Gasteiger partial charge in [0.1, 0.15) is 5.76 Å². The molecule has 0 saturated carbocycles. The summed E-state index contributed by atoms with van der Waals surface area (Å²) in [6, 6.07) is 7.62. The van der Waals surface area contributed by atoms with Gasteiger partial charge in [-0.05, 0) is 36.6 Å². The molecule has 0 saturated heterocycles. The summed E-state index contributed by atoms with van der Waals surface area (Å²) in [6.45, 7) is 7.34. The molecule has 0 unspecified atom stereocenters. The lowest BCUT2D eigenvalue weighted by molar-refractivity contribution is -0.119. The molecule has 0 aliphatic carbocycles. The van der Waals surface area contributed by atoms with Gasteiger partial charge in [0.2, 0.25) is 5.91 Å². The summed E-state index contributed by atoms with van der Waals surface area (Å²) < 4.78 is 18.8. The maximum absolute atomic E-state index is 12.8. The molecule has 0 radical (unpaired) electrons. The topological polar surface area (TPSA) is 91.4 Å². The first-order chi connectivity index (χ1) is 15.4. The van der Waals surface area contributed by atoms with Gasteiger partial charge in [-0.2, -0.15) is 0 Å². The normalized spacial score (nSPS) is 14.3. The molecular weight excluding hydrogens is 428 g/mol. The quantitative estimate of drug-likeness (QED) is 0.534. The Morgan fingerprint density at radius 2 is 1.97 bits per heavy atom. The molecule has 1 aliphatic heterocycles. The molecule has 170 valence electrons. The predicted molar refractivity (Wildman–Crippen MR) is 122 cm³/mol. The van der Waals surface area contributed by atoms with Gasteiger partial charge < -0.3 is 23.8 Å². The van der Waals surface area contributed by atoms with Crippen LogP contribution in [0.15, 0.2) is 40.1 Å². The van der Waals surface area contributed by atoms with E-state index in [0.29, 0.717) is 24.2 Å². The second-order valence-electron chi connectivity index (χ2n) is 8.09. The minimum absolute atomic E-state index is 0.0650. The zero-order valence-corrected chi connectivity index (χ0v) is 19.6. The van der Waals surface area contributed by atoms with E-state index in [2.05, 4.69) is 29.4 Å². The fraction of sp³-hybridized carbons (Fsp3) is 0.435. The van der Waals surface area contributed by atoms with Crippen LogP contribution in [0.4, 0.5) is 0 Å². The number of nitrogens with zero attached hydrogens (tertiary/aromatic N) is 3. The molecule has 32 heavy (non-hydrogen) atoms. The van der Waals surface area contributed by atoms with Gasteiger partial charge in [-0.15, -0.1) is 10.2 Å². The molecule has 4 rings (SSSR count). The molecule has 1 N–H and O–H groups in total. The average Bonchev–Trinajstić information content (AvgIpc) is 3.26. The van der Waals surface area contributed by atoms with Crippen molar-refractivity contribution in [2.24, 2.45) is 13.0 Å². The van der Waals surface area contributed by atoms with E-state index in [4.69, 9.17) is 13.9 Å². The number of nitrogens with one attached hydrogen (secondary N) is 1. The van der Waals surface area contributed by atoms with Gasteiger partial charge in [-0.1, -0.05) is 31.7 Å². The Kier molecular flexibility index (Phi) is 6.74. The highest BCUT2D eigenvalue weighted by Gasteiger charge is 2.22. The van der Waals surface area contributed by atoms with E-state index in [-0.39, 0.29) is 23.6 Å². The van der Waals surface area contributed by atoms with Crippen LogP contribution in [-0.4, -0.2) is 39.6 Å². The summed E-state index contributed by atoms with van der Waals surface area (Å²) in [5.41, 5.74) is 1.89. The number of thioether (sulfide) groups is 1. The van der Waals surface area contributed by atoms with Crippen molar-refractivity contribution in [3.8, 4) is 22.9 Å². The minimum atomic E-state index is -0.135. The van der Waals surface area contributed by atoms with E-state index in [1.807, 2.05) is 42.8 Å². The number of furan rings is 1. The Morgan fingerprint density at radius 3 is 2.69 bits per heavy atom. The third-order valence-electron chi connectivity index (χ3n) is 5.38. The Bertz CT molecular complexity index is 1090. The van der Waals surface area contributed by atoms with E-state index in [0.717, 1.165) is 34.8 Å². The monoisotopic (exact) mass is 456 g/mol. The number of fused-ring (bicyclic) bond motifs is 1. The number of rotatable bonds is 7. The van der Waals surface area contributed by atoms with Crippen LogP contribution in [0.25, 0.3) is 11.4 Å². The van der Waals surface area contributed by atoms with Crippen molar-refractivity contribution in [2.45, 2.75) is 38.4 Å². The van der Waals surface area contributed by atoms with Crippen molar-refractivity contribution in [3.05, 3.63) is 41.9 Å². The fourth-order valence-electron chi connectivity index (χ4n) is 3.65. The first-order valence-corrected chi connectivity index (χ1v) is 11.7. The van der Waals surface area contributed by atoms with E-state index >= 15 is 0 Å². The number of hydrogen-bond acceptors (Lipinski definition) is 7. The Labute approximate surface area is 191 Å². The molecule has 1 aromatic carbocycles. The highest BCUT2D eigenvalue weighted by Crippen LogP contribution is 2.34. The van der Waals surface area contributed by atoms with Crippen LogP contribution in [0.2, 0.25) is 0 Å². The largest absolute Gasteiger partial charge is 0.490 e. The van der Waals surface area contributed by atoms with Crippen LogP contribution in [0, 0.1) is 12.8 Å². The Balaban J connectivity index is 1.42. The van der Waals surface area contributed by atoms with Crippen molar-refractivity contribution < 1.29 is 18.7 Å². The van der Waals surface area contributed by atoms with Crippen LogP contribution in [-0.2, 0) is 11.8 Å². The smallest absolute Gasteiger partial charge is 0.230 e. The van der Waals surface area contributed by atoms with Crippen LogP contribution in [0.1, 0.15) is 37.6 Å². The number of aryl methyl sites for hydroxylation is 1. The van der Waals surface area contributed by atoms with E-state index in [9.17, 15) is 4.79 Å². The summed E-state index contributed by atoms with van der Waals surface area (Å²) in [5.74, 6) is 3.36. The van der Waals surface area contributed by atoms with Gasteiger partial charge in [0.15, 0.2) is 22.5 Å². The van der Waals surface area contributed by atoms with Crippen LogP contribution in [0.5, 0.6) is 11.5 Å². The number of carbonyl (C=O) groups is 1. The van der Waals surface area contributed by atoms with E-state index < -0.39 is 0 Å². The minimum Gasteiger partial charge on any atom is -0.490 e. The molecule has 9 heteroatoms. The maximum Gasteiger partial charge on any atom is 0.230 e. The summed E-state index contributed by atoms with van der Waals surface area (Å²) in [4.78, 5) is 12.8. The molecule has 1 atom stereocenters. The molecule has 1 aliphatic rings. The standard InChI is InChI=1S/C23H28N4O4S/c1-14(2)21(16-6-7-18-19(12-16)31-10-5-9-30-18)24-20(28)13-32-23-26-25-22(27(23)4)17-8-11-29-15(17)3/h6-8,11-12,14,21H,5,9-10,13H2,1-4H3,(H,24,28)/t21-/m1/s1. The highest BCUT2D eigenvalue weighted by atomic mass is 32.2. The number of amides is 1. The van der Waals surface area contributed by atoms with E-state index in [1.54, 1.807) is 6.26 Å². The molecule has 0 fully saturated rings. The molecule has 0 spiro atoms. The van der Waals surface area contributed by atoms with Gasteiger partial charge in [0, 0.05) is 13.5 Å². The average molecular weight is 457 g/mol. The van der Waals surface area contributed by atoms with Gasteiger partial charge in [-0.3, -0.25) is 4.79 Å². The zero-order valence-electron chi connectivity index (χ0n) is 18.8. The van der Waals surface area contributed by atoms with Gasteiger partial charge >= 0.3 is 0 Å². The first-order valence-electron chi connectivity index (χ1n) is 10.7. The van der Waals surface area contributed by atoms with Crippen LogP contribution in [0.3, 0.4) is 0 Å². The van der Waals surface area contributed by atoms with E-state index in [1.165, 1.54) is 11.8 Å². The second kappa shape index (κ2) is 9.68. The van der Waals surface area contributed by atoms with Gasteiger partial charge in [0.25, 0.3) is 0 Å². The number of ether oxygens (including phenoxy) is 2. The van der Waals surface area contributed by atoms with Crippen molar-refractivity contribution in [2.75, 3.05) is 19.0 Å². The lowest BCUT2D eigenvalue weighted by Gasteiger charge is -2.24. The molecule has 2 aromatic heterocycles. The summed E-state index contributed by atoms with van der Waals surface area (Å²) in [6.07, 6.45) is 2.49. The molecule has 0 bridgehead atoms. The van der Waals surface area contributed by atoms with Crippen molar-refractivity contribution in [1.29, 1.82) is 0 Å². The van der Waals surface area contributed by atoms with Gasteiger partial charge in [-0.25, -0.2) is 0 Å². The molecule has 1 amide bonds. The summed E-state index contributed by atoms with van der Waals surface area (Å²) in [5, 5.41) is 12.3. The molecule has 8 nitrogen and oxygen atoms in total. The van der Waals surface area contributed by atoms with Crippen LogP contribution >= 0.6 is 11.8 Å². The molecular formula is C23H28N4O4S. The van der Waals surface area contributed by atoms with Crippen LogP contribution < -0.4 is 14.8 Å². The number of carbonyl (C=O) groups excluding carboxylic acids is 1. The number of benzene rings is 1. The maximum atomic E-state index is 12.8. The zero-order chi connectivity index (χ0) is 22.7. The predicted octanol–water partition coefficient (Wildman–Crippen LogP) is 4.15. The third kappa shape index (κ3) is 4.77. The summed E-state index contributed by atoms with van der Waals surface area (Å²) >= 11 is 1.36. The Hall–Kier alpha value is -2.94. The summed E-state index contributed by atoms with van der Waals surface area (Å²) in [7, 11) is 1.89. The van der Waals surface area contributed by atoms with Gasteiger partial charge in [0.05, 0.1) is 36.8 Å². The molecule has 3 aromatic rings. The fourth-order valence-corrected chi connectivity index (χ4v) is 4.37. The van der Waals surface area contributed by atoms with Crippen molar-refractivity contribution >= 4 is 17.7 Å². The Morgan fingerprint density at radius 1 is 1.19 bits per heavy atom. The molecule has 3 heterocycles. The highest BCUT2D eigenvalue weighted by molar-refractivity contribution is 7.99. The first kappa shape index (κ1) is 22.3. The second-order valence-corrected chi connectivity index (χ2v) is 9.03. The lowest BCUT2D eigenvalue weighted by atomic mass is 9.95. The SMILES string of the molecule is Cc1occc1-c1nnc(SCC(=O)N[C@@H](c2ccc3c(c2)OCCCO3)C(C)C)n1C. The third-order valence-corrected chi connectivity index (χ3v) is 6.40. The number of aromatic nitrogens is 3. The number of hydrogen-bond donors (Lipinski definition) is 1. The lowest BCUT2D eigenvalue weighted by Crippen LogP contribution is -2.33. The van der Waals surface area contributed by atoms with Crippen molar-refractivity contribution in [1.82, 2.24) is 20.1 Å². The van der Waals surface area contributed by atoms with Crippen molar-refractivity contribution in [3.63, 3.8) is 0 Å².